The average Bonchev–Trinajstić information content (AvgIpc) is 3.24. The maximum atomic E-state index is 5.26. The summed E-state index contributed by atoms with van der Waals surface area (Å²) in [4.78, 5) is 8.89. The van der Waals surface area contributed by atoms with Crippen molar-refractivity contribution in [2.75, 3.05) is 0 Å². The number of aromatic amines is 1. The van der Waals surface area contributed by atoms with Crippen molar-refractivity contribution in [3.8, 4) is 11.1 Å². The Morgan fingerprint density at radius 1 is 0.600 bits per heavy atom. The van der Waals surface area contributed by atoms with Gasteiger partial charge in [0, 0.05) is 27.4 Å². The topological polar surface area (TPSA) is 28.1 Å². The summed E-state index contributed by atoms with van der Waals surface area (Å²) >= 11 is 0. The summed E-state index contributed by atoms with van der Waals surface area (Å²) in [6.45, 7) is 6.44. The van der Waals surface area contributed by atoms with Crippen LogP contribution in [-0.2, 0) is 0 Å². The standard InChI is InChI=1S/C28H22N2/c1-16-8-10-21-22(12-16)19-6-4-5-7-20(19)27(21)30-26-15-18(3)14-24-23-13-17(2)9-11-25(23)29-28(24)26/h4-15,29H,1-3H3/b30-27+. The lowest BCUT2D eigenvalue weighted by Crippen LogP contribution is -1.97. The minimum absolute atomic E-state index is 0.997. The largest absolute Gasteiger partial charge is 0.353 e. The molecule has 2 nitrogen and oxygen atoms in total. The number of aliphatic imine (C=N–C) groups is 1. The molecule has 144 valence electrons. The molecule has 0 saturated heterocycles. The minimum Gasteiger partial charge on any atom is -0.353 e. The second kappa shape index (κ2) is 6.17. The molecular formula is C28H22N2. The van der Waals surface area contributed by atoms with Crippen molar-refractivity contribution in [1.29, 1.82) is 0 Å². The van der Waals surface area contributed by atoms with E-state index >= 15 is 0 Å². The normalized spacial score (nSPS) is 13.9. The zero-order chi connectivity index (χ0) is 20.4. The van der Waals surface area contributed by atoms with E-state index in [9.17, 15) is 0 Å². The monoisotopic (exact) mass is 386 g/mol. The lowest BCUT2D eigenvalue weighted by Gasteiger charge is -2.05. The first-order valence-corrected chi connectivity index (χ1v) is 10.4. The van der Waals surface area contributed by atoms with Crippen LogP contribution in [0.4, 0.5) is 5.69 Å². The summed E-state index contributed by atoms with van der Waals surface area (Å²) in [6.07, 6.45) is 0. The Morgan fingerprint density at radius 2 is 1.30 bits per heavy atom. The van der Waals surface area contributed by atoms with E-state index in [0.717, 1.165) is 22.4 Å². The van der Waals surface area contributed by atoms with Gasteiger partial charge in [-0.25, -0.2) is 4.99 Å². The third-order valence-corrected chi connectivity index (χ3v) is 6.12. The number of hydrogen-bond acceptors (Lipinski definition) is 1. The molecule has 6 rings (SSSR count). The third-order valence-electron chi connectivity index (χ3n) is 6.12. The molecule has 0 unspecified atom stereocenters. The lowest BCUT2D eigenvalue weighted by atomic mass is 10.0. The van der Waals surface area contributed by atoms with Gasteiger partial charge in [0.1, 0.15) is 0 Å². The first-order valence-electron chi connectivity index (χ1n) is 10.4. The average molecular weight is 386 g/mol. The minimum atomic E-state index is 0.997. The van der Waals surface area contributed by atoms with Gasteiger partial charge >= 0.3 is 0 Å². The quantitative estimate of drug-likeness (QED) is 0.305. The Balaban J connectivity index is 1.67. The molecule has 1 aliphatic rings. The predicted molar refractivity (Wildman–Crippen MR) is 127 cm³/mol. The molecule has 0 spiro atoms. The van der Waals surface area contributed by atoms with Gasteiger partial charge in [-0.3, -0.25) is 0 Å². The van der Waals surface area contributed by atoms with Crippen LogP contribution >= 0.6 is 0 Å². The van der Waals surface area contributed by atoms with Crippen molar-refractivity contribution in [2.24, 2.45) is 4.99 Å². The van der Waals surface area contributed by atoms with Crippen molar-refractivity contribution in [2.45, 2.75) is 20.8 Å². The number of fused-ring (bicyclic) bond motifs is 6. The van der Waals surface area contributed by atoms with E-state index in [-0.39, 0.29) is 0 Å². The van der Waals surface area contributed by atoms with Gasteiger partial charge in [0.15, 0.2) is 0 Å². The maximum Gasteiger partial charge on any atom is 0.0881 e. The van der Waals surface area contributed by atoms with Crippen molar-refractivity contribution in [1.82, 2.24) is 4.98 Å². The summed E-state index contributed by atoms with van der Waals surface area (Å²) in [5, 5.41) is 2.50. The number of hydrogen-bond donors (Lipinski definition) is 1. The smallest absolute Gasteiger partial charge is 0.0881 e. The molecule has 2 heteroatoms. The van der Waals surface area contributed by atoms with Gasteiger partial charge < -0.3 is 4.98 Å². The fourth-order valence-corrected chi connectivity index (χ4v) is 4.72. The van der Waals surface area contributed by atoms with Crippen LogP contribution < -0.4 is 0 Å². The van der Waals surface area contributed by atoms with E-state index < -0.39 is 0 Å². The molecule has 0 aliphatic heterocycles. The first kappa shape index (κ1) is 17.2. The molecule has 0 radical (unpaired) electrons. The van der Waals surface area contributed by atoms with Gasteiger partial charge in [-0.2, -0.15) is 0 Å². The van der Waals surface area contributed by atoms with Gasteiger partial charge in [0.05, 0.1) is 16.9 Å². The van der Waals surface area contributed by atoms with E-state index in [1.165, 1.54) is 49.7 Å². The zero-order valence-corrected chi connectivity index (χ0v) is 17.4. The van der Waals surface area contributed by atoms with E-state index in [2.05, 4.69) is 98.6 Å². The Morgan fingerprint density at radius 3 is 2.17 bits per heavy atom. The Labute approximate surface area is 175 Å². The van der Waals surface area contributed by atoms with Gasteiger partial charge in [0.2, 0.25) is 0 Å². The molecule has 4 aromatic carbocycles. The molecular weight excluding hydrogens is 364 g/mol. The second-order valence-corrected chi connectivity index (χ2v) is 8.44. The molecule has 1 aliphatic carbocycles. The molecule has 0 fully saturated rings. The van der Waals surface area contributed by atoms with Crippen LogP contribution in [0.3, 0.4) is 0 Å². The van der Waals surface area contributed by atoms with Crippen LogP contribution in [-0.4, -0.2) is 10.7 Å². The van der Waals surface area contributed by atoms with E-state index in [1.54, 1.807) is 0 Å². The van der Waals surface area contributed by atoms with Crippen LogP contribution in [0.5, 0.6) is 0 Å². The summed E-state index contributed by atoms with van der Waals surface area (Å²) in [6, 6.07) is 26.3. The van der Waals surface area contributed by atoms with Crippen LogP contribution in [0.1, 0.15) is 27.8 Å². The van der Waals surface area contributed by atoms with Crippen LogP contribution in [0, 0.1) is 20.8 Å². The summed E-state index contributed by atoms with van der Waals surface area (Å²) < 4.78 is 0. The van der Waals surface area contributed by atoms with Gasteiger partial charge in [-0.1, -0.05) is 59.7 Å². The van der Waals surface area contributed by atoms with E-state index in [4.69, 9.17) is 4.99 Å². The summed E-state index contributed by atoms with van der Waals surface area (Å²) in [5.41, 5.74) is 13.0. The highest BCUT2D eigenvalue weighted by atomic mass is 14.8. The maximum absolute atomic E-state index is 5.26. The van der Waals surface area contributed by atoms with Gasteiger partial charge in [0.25, 0.3) is 0 Å². The Hall–Kier alpha value is -3.65. The zero-order valence-electron chi connectivity index (χ0n) is 17.4. The van der Waals surface area contributed by atoms with Crippen molar-refractivity contribution in [3.05, 3.63) is 101 Å². The van der Waals surface area contributed by atoms with Crippen molar-refractivity contribution >= 4 is 33.2 Å². The lowest BCUT2D eigenvalue weighted by molar-refractivity contribution is 1.43. The molecule has 0 amide bonds. The third kappa shape index (κ3) is 2.47. The molecule has 1 heterocycles. The van der Waals surface area contributed by atoms with Gasteiger partial charge in [-0.15, -0.1) is 0 Å². The number of aromatic nitrogens is 1. The molecule has 1 N–H and O–H groups in total. The van der Waals surface area contributed by atoms with Crippen molar-refractivity contribution in [3.63, 3.8) is 0 Å². The number of nitrogens with zero attached hydrogens (tertiary/aromatic N) is 1. The fraction of sp³-hybridized carbons (Fsp3) is 0.107. The highest BCUT2D eigenvalue weighted by molar-refractivity contribution is 6.26. The molecule has 0 saturated carbocycles. The van der Waals surface area contributed by atoms with Gasteiger partial charge in [-0.05, 0) is 61.7 Å². The molecule has 0 bridgehead atoms. The Kier molecular flexibility index (Phi) is 3.54. The number of rotatable bonds is 1. The number of nitrogens with one attached hydrogen (secondary N) is 1. The predicted octanol–water partition coefficient (Wildman–Crippen LogP) is 7.40. The molecule has 5 aromatic rings. The highest BCUT2D eigenvalue weighted by Crippen LogP contribution is 2.40. The van der Waals surface area contributed by atoms with Crippen LogP contribution in [0.2, 0.25) is 0 Å². The SMILES string of the molecule is Cc1ccc2c(c1)-c1ccccc1/C2=N\c1cc(C)cc2c1[nH]c1ccc(C)cc12. The molecule has 1 aromatic heterocycles. The Bertz CT molecular complexity index is 1520. The number of H-pyrrole nitrogens is 1. The number of aryl methyl sites for hydroxylation is 3. The van der Waals surface area contributed by atoms with Crippen molar-refractivity contribution < 1.29 is 0 Å². The van der Waals surface area contributed by atoms with E-state index in [1.807, 2.05) is 0 Å². The molecule has 0 atom stereocenters. The summed E-state index contributed by atoms with van der Waals surface area (Å²) in [7, 11) is 0. The van der Waals surface area contributed by atoms with Crippen LogP contribution in [0.15, 0.2) is 77.8 Å². The fourth-order valence-electron chi connectivity index (χ4n) is 4.72. The second-order valence-electron chi connectivity index (χ2n) is 8.44. The van der Waals surface area contributed by atoms with Crippen LogP contribution in [0.25, 0.3) is 32.9 Å². The first-order chi connectivity index (χ1) is 14.6. The van der Waals surface area contributed by atoms with E-state index in [0.29, 0.717) is 0 Å². The highest BCUT2D eigenvalue weighted by Gasteiger charge is 2.25. The summed E-state index contributed by atoms with van der Waals surface area (Å²) in [5.74, 6) is 0. The number of benzene rings is 4. The molecule has 30 heavy (non-hydrogen) atoms.